The van der Waals surface area contributed by atoms with Crippen LogP contribution in [0.1, 0.15) is 32.6 Å². The van der Waals surface area contributed by atoms with Gasteiger partial charge in [-0.2, -0.15) is 0 Å². The SMILES string of the molecule is CC[C@@H](CCO)CCCN(C)C. The Morgan fingerprint density at radius 1 is 1.25 bits per heavy atom. The van der Waals surface area contributed by atoms with Crippen molar-refractivity contribution in [2.24, 2.45) is 5.92 Å². The highest BCUT2D eigenvalue weighted by atomic mass is 16.3. The normalized spacial score (nSPS) is 13.8. The van der Waals surface area contributed by atoms with Crippen molar-refractivity contribution < 1.29 is 5.11 Å². The second kappa shape index (κ2) is 7.56. The van der Waals surface area contributed by atoms with Gasteiger partial charge in [0.1, 0.15) is 0 Å². The van der Waals surface area contributed by atoms with Crippen molar-refractivity contribution in [1.29, 1.82) is 0 Å². The van der Waals surface area contributed by atoms with Crippen LogP contribution in [0.3, 0.4) is 0 Å². The zero-order valence-corrected chi connectivity index (χ0v) is 8.71. The van der Waals surface area contributed by atoms with Gasteiger partial charge in [0.05, 0.1) is 0 Å². The lowest BCUT2D eigenvalue weighted by Crippen LogP contribution is -2.14. The van der Waals surface area contributed by atoms with Crippen LogP contribution in [-0.4, -0.2) is 37.3 Å². The van der Waals surface area contributed by atoms with Crippen molar-refractivity contribution in [2.75, 3.05) is 27.2 Å². The van der Waals surface area contributed by atoms with Crippen LogP contribution in [-0.2, 0) is 0 Å². The molecule has 0 fully saturated rings. The third-order valence-corrected chi connectivity index (χ3v) is 2.33. The molecule has 0 aliphatic rings. The summed E-state index contributed by atoms with van der Waals surface area (Å²) in [4.78, 5) is 2.21. The molecule has 0 radical (unpaired) electrons. The van der Waals surface area contributed by atoms with Crippen molar-refractivity contribution in [1.82, 2.24) is 4.90 Å². The van der Waals surface area contributed by atoms with E-state index in [0.717, 1.165) is 12.3 Å². The van der Waals surface area contributed by atoms with Gasteiger partial charge in [0.2, 0.25) is 0 Å². The van der Waals surface area contributed by atoms with Crippen LogP contribution < -0.4 is 0 Å². The molecule has 0 amide bonds. The summed E-state index contributed by atoms with van der Waals surface area (Å²) in [5.74, 6) is 0.731. The molecule has 1 N–H and O–H groups in total. The van der Waals surface area contributed by atoms with Gasteiger partial charge in [-0.05, 0) is 45.8 Å². The van der Waals surface area contributed by atoms with Gasteiger partial charge in [0, 0.05) is 6.61 Å². The molecule has 74 valence electrons. The maximum Gasteiger partial charge on any atom is 0.0433 e. The van der Waals surface area contributed by atoms with Crippen molar-refractivity contribution in [3.05, 3.63) is 0 Å². The monoisotopic (exact) mass is 173 g/mol. The average molecular weight is 173 g/mol. The van der Waals surface area contributed by atoms with Crippen LogP contribution in [0.15, 0.2) is 0 Å². The van der Waals surface area contributed by atoms with Crippen LogP contribution in [0.25, 0.3) is 0 Å². The molecule has 0 rings (SSSR count). The van der Waals surface area contributed by atoms with E-state index >= 15 is 0 Å². The molecule has 0 bridgehead atoms. The predicted octanol–water partition coefficient (Wildman–Crippen LogP) is 1.74. The Morgan fingerprint density at radius 3 is 2.33 bits per heavy atom. The van der Waals surface area contributed by atoms with Crippen LogP contribution in [0.4, 0.5) is 0 Å². The first-order chi connectivity index (χ1) is 5.70. The molecule has 12 heavy (non-hydrogen) atoms. The number of hydrogen-bond donors (Lipinski definition) is 1. The highest BCUT2D eigenvalue weighted by molar-refractivity contribution is 4.57. The van der Waals surface area contributed by atoms with Crippen LogP contribution in [0.5, 0.6) is 0 Å². The van der Waals surface area contributed by atoms with Gasteiger partial charge in [-0.15, -0.1) is 0 Å². The van der Waals surface area contributed by atoms with E-state index in [1.807, 2.05) is 0 Å². The molecule has 0 aromatic carbocycles. The van der Waals surface area contributed by atoms with Crippen molar-refractivity contribution in [3.8, 4) is 0 Å². The fourth-order valence-corrected chi connectivity index (χ4v) is 1.43. The van der Waals surface area contributed by atoms with Gasteiger partial charge in [-0.3, -0.25) is 0 Å². The predicted molar refractivity (Wildman–Crippen MR) is 53.3 cm³/mol. The van der Waals surface area contributed by atoms with E-state index < -0.39 is 0 Å². The third-order valence-electron chi connectivity index (χ3n) is 2.33. The largest absolute Gasteiger partial charge is 0.396 e. The molecular weight excluding hydrogens is 150 g/mol. The van der Waals surface area contributed by atoms with Crippen LogP contribution in [0.2, 0.25) is 0 Å². The first kappa shape index (κ1) is 11.9. The quantitative estimate of drug-likeness (QED) is 0.634. The van der Waals surface area contributed by atoms with Crippen molar-refractivity contribution in [3.63, 3.8) is 0 Å². The van der Waals surface area contributed by atoms with Gasteiger partial charge < -0.3 is 10.0 Å². The Hall–Kier alpha value is -0.0800. The first-order valence-corrected chi connectivity index (χ1v) is 4.96. The molecule has 0 spiro atoms. The number of nitrogens with zero attached hydrogens (tertiary/aromatic N) is 1. The molecule has 0 saturated carbocycles. The lowest BCUT2D eigenvalue weighted by molar-refractivity contribution is 0.243. The van der Waals surface area contributed by atoms with E-state index in [-0.39, 0.29) is 0 Å². The summed E-state index contributed by atoms with van der Waals surface area (Å²) in [7, 11) is 4.21. The minimum atomic E-state index is 0.348. The Morgan fingerprint density at radius 2 is 1.92 bits per heavy atom. The maximum absolute atomic E-state index is 8.77. The second-order valence-electron chi connectivity index (χ2n) is 3.73. The zero-order chi connectivity index (χ0) is 9.40. The fourth-order valence-electron chi connectivity index (χ4n) is 1.43. The summed E-state index contributed by atoms with van der Waals surface area (Å²) in [5, 5.41) is 8.77. The first-order valence-electron chi connectivity index (χ1n) is 4.96. The molecule has 2 heteroatoms. The van der Waals surface area contributed by atoms with E-state index in [1.54, 1.807) is 0 Å². The summed E-state index contributed by atoms with van der Waals surface area (Å²) >= 11 is 0. The number of rotatable bonds is 7. The molecular formula is C10H23NO. The molecule has 0 aromatic rings. The summed E-state index contributed by atoms with van der Waals surface area (Å²) < 4.78 is 0. The number of aliphatic hydroxyl groups is 1. The lowest BCUT2D eigenvalue weighted by Gasteiger charge is -2.15. The smallest absolute Gasteiger partial charge is 0.0433 e. The van der Waals surface area contributed by atoms with E-state index in [4.69, 9.17) is 5.11 Å². The van der Waals surface area contributed by atoms with E-state index in [0.29, 0.717) is 6.61 Å². The maximum atomic E-state index is 8.77. The lowest BCUT2D eigenvalue weighted by atomic mass is 9.97. The zero-order valence-electron chi connectivity index (χ0n) is 8.71. The van der Waals surface area contributed by atoms with Gasteiger partial charge in [-0.1, -0.05) is 13.3 Å². The van der Waals surface area contributed by atoms with E-state index in [9.17, 15) is 0 Å². The standard InChI is InChI=1S/C10H23NO/c1-4-10(7-9-12)6-5-8-11(2)3/h10,12H,4-9H2,1-3H3/t10-/m1/s1. The topological polar surface area (TPSA) is 23.5 Å². The van der Waals surface area contributed by atoms with Gasteiger partial charge >= 0.3 is 0 Å². The van der Waals surface area contributed by atoms with Crippen molar-refractivity contribution >= 4 is 0 Å². The Labute approximate surface area is 76.6 Å². The minimum absolute atomic E-state index is 0.348. The van der Waals surface area contributed by atoms with E-state index in [2.05, 4.69) is 25.9 Å². The third kappa shape index (κ3) is 6.62. The van der Waals surface area contributed by atoms with E-state index in [1.165, 1.54) is 25.8 Å². The Bertz CT molecular complexity index is 93.8. The molecule has 0 heterocycles. The summed E-state index contributed by atoms with van der Waals surface area (Å²) in [6, 6.07) is 0. The van der Waals surface area contributed by atoms with Gasteiger partial charge in [-0.25, -0.2) is 0 Å². The minimum Gasteiger partial charge on any atom is -0.396 e. The summed E-state index contributed by atoms with van der Waals surface area (Å²) in [6.45, 7) is 3.72. The molecule has 1 atom stereocenters. The van der Waals surface area contributed by atoms with Crippen molar-refractivity contribution in [2.45, 2.75) is 32.6 Å². The molecule has 0 aromatic heterocycles. The summed E-state index contributed by atoms with van der Waals surface area (Å²) in [6.07, 6.45) is 4.69. The molecule has 0 unspecified atom stereocenters. The molecule has 0 saturated heterocycles. The second-order valence-corrected chi connectivity index (χ2v) is 3.73. The van der Waals surface area contributed by atoms with Crippen LogP contribution in [0, 0.1) is 5.92 Å². The van der Waals surface area contributed by atoms with Crippen LogP contribution >= 0.6 is 0 Å². The molecule has 2 nitrogen and oxygen atoms in total. The Kier molecular flexibility index (Phi) is 7.51. The highest BCUT2D eigenvalue weighted by Crippen LogP contribution is 2.14. The molecule has 0 aliphatic heterocycles. The van der Waals surface area contributed by atoms with Gasteiger partial charge in [0.15, 0.2) is 0 Å². The summed E-state index contributed by atoms with van der Waals surface area (Å²) in [5.41, 5.74) is 0. The number of aliphatic hydroxyl groups excluding tert-OH is 1. The highest BCUT2D eigenvalue weighted by Gasteiger charge is 2.04. The fraction of sp³-hybridized carbons (Fsp3) is 1.00. The van der Waals surface area contributed by atoms with Gasteiger partial charge in [0.25, 0.3) is 0 Å². The number of hydrogen-bond acceptors (Lipinski definition) is 2. The molecule has 0 aliphatic carbocycles. The average Bonchev–Trinajstić information content (AvgIpc) is 2.02. The Balaban J connectivity index is 3.31.